The number of nitrogens with zero attached hydrogens (tertiary/aromatic N) is 2. The van der Waals surface area contributed by atoms with Crippen molar-refractivity contribution in [1.29, 1.82) is 0 Å². The van der Waals surface area contributed by atoms with Crippen molar-refractivity contribution in [1.82, 2.24) is 9.88 Å². The molecular weight excluding hydrogens is 312 g/mol. The molecule has 23 heavy (non-hydrogen) atoms. The summed E-state index contributed by atoms with van der Waals surface area (Å²) < 4.78 is 10.6. The van der Waals surface area contributed by atoms with Gasteiger partial charge in [-0.3, -0.25) is 4.79 Å². The highest BCUT2D eigenvalue weighted by Gasteiger charge is 2.29. The Balaban J connectivity index is 1.59. The van der Waals surface area contributed by atoms with Gasteiger partial charge in [-0.1, -0.05) is 20.8 Å². The number of carbonyl (C=O) groups excluding carboxylic acids is 1. The van der Waals surface area contributed by atoms with E-state index in [0.29, 0.717) is 24.9 Å². The van der Waals surface area contributed by atoms with Crippen LogP contribution in [0.3, 0.4) is 0 Å². The molecule has 0 aromatic carbocycles. The largest absolute Gasteiger partial charge is 0.494 e. The second-order valence-electron chi connectivity index (χ2n) is 7.09. The van der Waals surface area contributed by atoms with Gasteiger partial charge >= 0.3 is 0 Å². The highest BCUT2D eigenvalue weighted by molar-refractivity contribution is 7.09. The first-order valence-electron chi connectivity index (χ1n) is 8.15. The van der Waals surface area contributed by atoms with Gasteiger partial charge in [0.15, 0.2) is 0 Å². The zero-order valence-corrected chi connectivity index (χ0v) is 14.8. The Labute approximate surface area is 141 Å². The first-order valence-corrected chi connectivity index (χ1v) is 9.03. The van der Waals surface area contributed by atoms with Gasteiger partial charge in [0.2, 0.25) is 5.76 Å². The summed E-state index contributed by atoms with van der Waals surface area (Å²) in [5, 5.41) is 3.38. The number of aromatic nitrogens is 1. The van der Waals surface area contributed by atoms with Gasteiger partial charge in [-0.2, -0.15) is 0 Å². The fourth-order valence-electron chi connectivity index (χ4n) is 2.79. The molecule has 6 heteroatoms. The minimum absolute atomic E-state index is 0.0577. The van der Waals surface area contributed by atoms with Crippen molar-refractivity contribution in [3.8, 4) is 0 Å². The van der Waals surface area contributed by atoms with Gasteiger partial charge in [-0.15, -0.1) is 11.3 Å². The van der Waals surface area contributed by atoms with Crippen molar-refractivity contribution >= 4 is 17.2 Å². The average Bonchev–Trinajstić information content (AvgIpc) is 3.05. The molecule has 0 N–H and O–H groups in total. The van der Waals surface area contributed by atoms with E-state index in [1.807, 2.05) is 4.90 Å². The number of carbonyl (C=O) groups is 1. The monoisotopic (exact) mass is 336 g/mol. The fraction of sp³-hybridized carbons (Fsp3) is 0.647. The van der Waals surface area contributed by atoms with Gasteiger partial charge in [0.05, 0.1) is 10.7 Å². The lowest BCUT2D eigenvalue weighted by Gasteiger charge is -2.32. The maximum absolute atomic E-state index is 12.4. The summed E-state index contributed by atoms with van der Waals surface area (Å²) in [5.41, 5.74) is 1.25. The molecule has 126 valence electrons. The average molecular weight is 336 g/mol. The topological polar surface area (TPSA) is 51.7 Å². The van der Waals surface area contributed by atoms with E-state index in [2.05, 4.69) is 26.2 Å². The number of hydrogen-bond acceptors (Lipinski definition) is 5. The van der Waals surface area contributed by atoms with Crippen LogP contribution in [0.25, 0.3) is 0 Å². The normalized spacial score (nSPS) is 19.8. The van der Waals surface area contributed by atoms with Crippen molar-refractivity contribution in [2.24, 2.45) is 0 Å². The standard InChI is InChI=1S/C17H24N2O3S/c1-17(2,3)14-11-23-15(18-14)12-4-6-19(7-5-12)16(20)13-10-21-8-9-22-13/h10-12H,4-9H2,1-3H3. The molecule has 1 aromatic heterocycles. The number of rotatable bonds is 2. The summed E-state index contributed by atoms with van der Waals surface area (Å²) in [6.45, 7) is 9.01. The molecule has 1 amide bonds. The number of thiazole rings is 1. The van der Waals surface area contributed by atoms with Crippen molar-refractivity contribution in [2.75, 3.05) is 26.3 Å². The Morgan fingerprint density at radius 1 is 1.30 bits per heavy atom. The molecule has 3 rings (SSSR count). The fourth-order valence-corrected chi connectivity index (χ4v) is 4.00. The lowest BCUT2D eigenvalue weighted by Crippen LogP contribution is -2.39. The van der Waals surface area contributed by atoms with Crippen LogP contribution in [-0.4, -0.2) is 42.1 Å². The summed E-state index contributed by atoms with van der Waals surface area (Å²) >= 11 is 1.75. The van der Waals surface area contributed by atoms with Crippen LogP contribution in [0.1, 0.15) is 50.2 Å². The van der Waals surface area contributed by atoms with Gasteiger partial charge in [-0.25, -0.2) is 4.98 Å². The highest BCUT2D eigenvalue weighted by Crippen LogP contribution is 2.33. The summed E-state index contributed by atoms with van der Waals surface area (Å²) in [4.78, 5) is 19.1. The van der Waals surface area contributed by atoms with E-state index < -0.39 is 0 Å². The number of ether oxygens (including phenoxy) is 2. The summed E-state index contributed by atoms with van der Waals surface area (Å²) in [6.07, 6.45) is 3.35. The third-order valence-electron chi connectivity index (χ3n) is 4.28. The van der Waals surface area contributed by atoms with Crippen LogP contribution in [0.15, 0.2) is 17.4 Å². The minimum atomic E-state index is -0.0577. The van der Waals surface area contributed by atoms with Crippen molar-refractivity contribution in [3.05, 3.63) is 28.1 Å². The molecule has 1 fully saturated rings. The number of piperidine rings is 1. The quantitative estimate of drug-likeness (QED) is 0.833. The smallest absolute Gasteiger partial charge is 0.292 e. The molecule has 3 heterocycles. The number of likely N-dealkylation sites (tertiary alicyclic amines) is 1. The maximum Gasteiger partial charge on any atom is 0.292 e. The van der Waals surface area contributed by atoms with E-state index in [1.165, 1.54) is 11.3 Å². The SMILES string of the molecule is CC(C)(C)c1csc(C2CCN(C(=O)C3=COCCO3)CC2)n1. The van der Waals surface area contributed by atoms with Gasteiger partial charge < -0.3 is 14.4 Å². The van der Waals surface area contributed by atoms with Gasteiger partial charge in [-0.05, 0) is 12.8 Å². The third kappa shape index (κ3) is 3.68. The second kappa shape index (κ2) is 6.51. The molecule has 1 aromatic rings. The van der Waals surface area contributed by atoms with Crippen LogP contribution in [-0.2, 0) is 19.7 Å². The van der Waals surface area contributed by atoms with Crippen LogP contribution in [0.4, 0.5) is 0 Å². The molecule has 5 nitrogen and oxygen atoms in total. The van der Waals surface area contributed by atoms with Crippen LogP contribution in [0.5, 0.6) is 0 Å². The molecule has 0 aliphatic carbocycles. The Bertz CT molecular complexity index is 595. The molecule has 1 saturated heterocycles. The van der Waals surface area contributed by atoms with E-state index >= 15 is 0 Å². The molecule has 0 bridgehead atoms. The Kier molecular flexibility index (Phi) is 4.62. The van der Waals surface area contributed by atoms with Crippen LogP contribution in [0, 0.1) is 0 Å². The van der Waals surface area contributed by atoms with E-state index in [9.17, 15) is 4.79 Å². The van der Waals surface area contributed by atoms with E-state index in [-0.39, 0.29) is 11.3 Å². The summed E-state index contributed by atoms with van der Waals surface area (Å²) in [7, 11) is 0. The van der Waals surface area contributed by atoms with Gasteiger partial charge in [0.1, 0.15) is 19.5 Å². The molecule has 2 aliphatic rings. The Morgan fingerprint density at radius 2 is 2.04 bits per heavy atom. The first kappa shape index (κ1) is 16.3. The molecule has 2 aliphatic heterocycles. The van der Waals surface area contributed by atoms with Crippen molar-refractivity contribution in [3.63, 3.8) is 0 Å². The third-order valence-corrected chi connectivity index (χ3v) is 5.29. The molecule has 0 atom stereocenters. The van der Waals surface area contributed by atoms with Crippen molar-refractivity contribution in [2.45, 2.75) is 44.9 Å². The molecule has 0 spiro atoms. The molecule has 0 saturated carbocycles. The minimum Gasteiger partial charge on any atom is -0.494 e. The van der Waals surface area contributed by atoms with Crippen LogP contribution >= 0.6 is 11.3 Å². The summed E-state index contributed by atoms with van der Waals surface area (Å²) in [5.74, 6) is 0.731. The van der Waals surface area contributed by atoms with E-state index in [1.54, 1.807) is 11.3 Å². The lowest BCUT2D eigenvalue weighted by molar-refractivity contribution is -0.133. The highest BCUT2D eigenvalue weighted by atomic mass is 32.1. The van der Waals surface area contributed by atoms with E-state index in [0.717, 1.165) is 31.6 Å². The van der Waals surface area contributed by atoms with Gasteiger partial charge in [0.25, 0.3) is 5.91 Å². The number of amides is 1. The predicted molar refractivity (Wildman–Crippen MR) is 89.4 cm³/mol. The Hall–Kier alpha value is -1.56. The zero-order valence-electron chi connectivity index (χ0n) is 14.0. The lowest BCUT2D eigenvalue weighted by atomic mass is 9.93. The number of hydrogen-bond donors (Lipinski definition) is 0. The second-order valence-corrected chi connectivity index (χ2v) is 7.98. The molecule has 0 radical (unpaired) electrons. The molecular formula is C17H24N2O3S. The Morgan fingerprint density at radius 3 is 2.61 bits per heavy atom. The van der Waals surface area contributed by atoms with Crippen LogP contribution < -0.4 is 0 Å². The van der Waals surface area contributed by atoms with Crippen molar-refractivity contribution < 1.29 is 14.3 Å². The summed E-state index contributed by atoms with van der Waals surface area (Å²) in [6, 6.07) is 0. The van der Waals surface area contributed by atoms with E-state index in [4.69, 9.17) is 14.5 Å². The first-order chi connectivity index (χ1) is 10.9. The maximum atomic E-state index is 12.4. The zero-order chi connectivity index (χ0) is 16.4. The molecule has 0 unspecified atom stereocenters. The van der Waals surface area contributed by atoms with Gasteiger partial charge in [0, 0.05) is 29.8 Å². The predicted octanol–water partition coefficient (Wildman–Crippen LogP) is 3.03. The van der Waals surface area contributed by atoms with Crippen LogP contribution in [0.2, 0.25) is 0 Å².